The van der Waals surface area contributed by atoms with E-state index in [2.05, 4.69) is 15.6 Å². The topological polar surface area (TPSA) is 113 Å². The number of H-pyrrole nitrogens is 1. The Labute approximate surface area is 196 Å². The molecule has 2 aliphatic rings. The van der Waals surface area contributed by atoms with Gasteiger partial charge in [0.25, 0.3) is 0 Å². The highest BCUT2D eigenvalue weighted by molar-refractivity contribution is 6.33. The van der Waals surface area contributed by atoms with Crippen molar-refractivity contribution in [2.24, 2.45) is 0 Å². The standard InChI is InChI=1S/C25H26N4O5/c1-4-34-23(32)22(31)29-19(21(30)26-2)20(33-3)25(15-10-6-8-12-18(15)28-24(25)29)16-13-27-17-11-7-5-9-14(16)17/h5-13,19-20,24,27-28H,4H2,1-3H3,(H,26,30)/t19-,20+,24+,25+/m0/s1. The normalized spacial score (nSPS) is 24.9. The number of nitrogens with zero attached hydrogens (tertiary/aromatic N) is 1. The summed E-state index contributed by atoms with van der Waals surface area (Å²) in [5, 5.41) is 6.99. The zero-order valence-corrected chi connectivity index (χ0v) is 19.1. The van der Waals surface area contributed by atoms with Crippen molar-refractivity contribution in [1.29, 1.82) is 0 Å². The van der Waals surface area contributed by atoms with Crippen LogP contribution in [-0.4, -0.2) is 66.7 Å². The molecule has 3 heterocycles. The maximum Gasteiger partial charge on any atom is 0.397 e. The number of carbonyl (C=O) groups excluding carboxylic acids is 3. The molecule has 0 saturated carbocycles. The molecule has 1 saturated heterocycles. The Kier molecular flexibility index (Phi) is 5.28. The third kappa shape index (κ3) is 2.80. The number of anilines is 1. The highest BCUT2D eigenvalue weighted by Crippen LogP contribution is 2.57. The first-order valence-corrected chi connectivity index (χ1v) is 11.2. The maximum atomic E-state index is 13.5. The fraction of sp³-hybridized carbons (Fsp3) is 0.320. The fourth-order valence-corrected chi connectivity index (χ4v) is 5.66. The Morgan fingerprint density at radius 1 is 1.09 bits per heavy atom. The van der Waals surface area contributed by atoms with Gasteiger partial charge in [-0.1, -0.05) is 36.4 Å². The van der Waals surface area contributed by atoms with Gasteiger partial charge in [-0.2, -0.15) is 0 Å². The van der Waals surface area contributed by atoms with Gasteiger partial charge in [0.05, 0.1) is 12.0 Å². The van der Waals surface area contributed by atoms with Crippen molar-refractivity contribution in [1.82, 2.24) is 15.2 Å². The second-order valence-electron chi connectivity index (χ2n) is 8.36. The Morgan fingerprint density at radius 2 is 1.82 bits per heavy atom. The van der Waals surface area contributed by atoms with Crippen LogP contribution in [0.5, 0.6) is 0 Å². The van der Waals surface area contributed by atoms with Crippen LogP contribution in [0.2, 0.25) is 0 Å². The summed E-state index contributed by atoms with van der Waals surface area (Å²) in [6, 6.07) is 14.4. The summed E-state index contributed by atoms with van der Waals surface area (Å²) < 4.78 is 11.1. The van der Waals surface area contributed by atoms with Gasteiger partial charge >= 0.3 is 11.9 Å². The van der Waals surface area contributed by atoms with E-state index in [9.17, 15) is 14.4 Å². The van der Waals surface area contributed by atoms with E-state index in [1.165, 1.54) is 19.1 Å². The van der Waals surface area contributed by atoms with Gasteiger partial charge in [-0.3, -0.25) is 14.5 Å². The summed E-state index contributed by atoms with van der Waals surface area (Å²) in [7, 11) is 3.02. The molecule has 0 aliphatic carbocycles. The van der Waals surface area contributed by atoms with Crippen LogP contribution < -0.4 is 10.6 Å². The molecular formula is C25H26N4O5. The molecular weight excluding hydrogens is 436 g/mol. The fourth-order valence-electron chi connectivity index (χ4n) is 5.66. The number of para-hydroxylation sites is 2. The van der Waals surface area contributed by atoms with Crippen LogP contribution in [0, 0.1) is 0 Å². The quantitative estimate of drug-likeness (QED) is 0.402. The first kappa shape index (κ1) is 22.0. The number of hydrogen-bond donors (Lipinski definition) is 3. The van der Waals surface area contributed by atoms with Crippen LogP contribution >= 0.6 is 0 Å². The largest absolute Gasteiger partial charge is 0.459 e. The summed E-state index contributed by atoms with van der Waals surface area (Å²) in [6.45, 7) is 1.67. The highest BCUT2D eigenvalue weighted by Gasteiger charge is 2.69. The second kappa shape index (κ2) is 8.18. The average molecular weight is 463 g/mol. The monoisotopic (exact) mass is 462 g/mol. The lowest BCUT2D eigenvalue weighted by Gasteiger charge is -2.35. The zero-order chi connectivity index (χ0) is 24.0. The molecule has 176 valence electrons. The van der Waals surface area contributed by atoms with Crippen LogP contribution in [-0.2, 0) is 29.3 Å². The van der Waals surface area contributed by atoms with Gasteiger partial charge in [-0.05, 0) is 30.2 Å². The van der Waals surface area contributed by atoms with Crippen molar-refractivity contribution in [3.63, 3.8) is 0 Å². The third-order valence-corrected chi connectivity index (χ3v) is 6.90. The number of rotatable bonds is 4. The van der Waals surface area contributed by atoms with Gasteiger partial charge in [0.15, 0.2) is 0 Å². The number of likely N-dealkylation sites (N-methyl/N-ethyl adjacent to an activating group) is 1. The lowest BCUT2D eigenvalue weighted by atomic mass is 9.70. The summed E-state index contributed by atoms with van der Waals surface area (Å²) in [5.74, 6) is -2.35. The van der Waals surface area contributed by atoms with Crippen LogP contribution in [0.25, 0.3) is 10.9 Å². The smallest absolute Gasteiger partial charge is 0.397 e. The van der Waals surface area contributed by atoms with Crippen LogP contribution in [0.3, 0.4) is 0 Å². The van der Waals surface area contributed by atoms with E-state index in [-0.39, 0.29) is 6.61 Å². The minimum atomic E-state index is -1.08. The molecule has 3 N–H and O–H groups in total. The molecule has 4 atom stereocenters. The minimum absolute atomic E-state index is 0.0443. The first-order chi connectivity index (χ1) is 16.5. The third-order valence-electron chi connectivity index (χ3n) is 6.90. The summed E-state index contributed by atoms with van der Waals surface area (Å²) in [4.78, 5) is 43.9. The summed E-state index contributed by atoms with van der Waals surface area (Å²) in [5.41, 5.74) is 2.48. The first-order valence-electron chi connectivity index (χ1n) is 11.2. The lowest BCUT2D eigenvalue weighted by molar-refractivity contribution is -0.162. The molecule has 34 heavy (non-hydrogen) atoms. The van der Waals surface area contributed by atoms with Crippen molar-refractivity contribution in [3.05, 3.63) is 65.9 Å². The van der Waals surface area contributed by atoms with E-state index in [1.807, 2.05) is 54.7 Å². The van der Waals surface area contributed by atoms with E-state index in [0.717, 1.165) is 27.7 Å². The molecule has 2 aromatic carbocycles. The van der Waals surface area contributed by atoms with E-state index < -0.39 is 41.5 Å². The number of likely N-dealkylation sites (tertiary alicyclic amines) is 1. The molecule has 3 aromatic rings. The lowest BCUT2D eigenvalue weighted by Crippen LogP contribution is -2.55. The van der Waals surface area contributed by atoms with Crippen LogP contribution in [0.4, 0.5) is 5.69 Å². The predicted octanol–water partition coefficient (Wildman–Crippen LogP) is 1.74. The number of ether oxygens (including phenoxy) is 2. The maximum absolute atomic E-state index is 13.5. The molecule has 0 bridgehead atoms. The molecule has 2 aliphatic heterocycles. The molecule has 0 radical (unpaired) electrons. The van der Waals surface area contributed by atoms with Crippen molar-refractivity contribution in [2.75, 3.05) is 26.1 Å². The summed E-state index contributed by atoms with van der Waals surface area (Å²) >= 11 is 0. The van der Waals surface area contributed by atoms with Gasteiger partial charge in [0.2, 0.25) is 5.91 Å². The molecule has 1 aromatic heterocycles. The molecule has 9 nitrogen and oxygen atoms in total. The van der Waals surface area contributed by atoms with Crippen LogP contribution in [0.15, 0.2) is 54.7 Å². The van der Waals surface area contributed by atoms with Gasteiger partial charge in [0.1, 0.15) is 18.3 Å². The number of hydrogen-bond acceptors (Lipinski definition) is 6. The van der Waals surface area contributed by atoms with E-state index in [1.54, 1.807) is 6.92 Å². The van der Waals surface area contributed by atoms with Gasteiger partial charge in [-0.15, -0.1) is 0 Å². The minimum Gasteiger partial charge on any atom is -0.459 e. The molecule has 0 unspecified atom stereocenters. The molecule has 5 rings (SSSR count). The van der Waals surface area contributed by atoms with E-state index >= 15 is 0 Å². The molecule has 9 heteroatoms. The number of aromatic amines is 1. The number of carbonyl (C=O) groups is 3. The molecule has 1 fully saturated rings. The SMILES string of the molecule is CCOC(=O)C(=O)N1[C@H](C(=O)NC)[C@@H](OC)[C@]2(c3c[nH]c4ccccc34)c3ccccc3N[C@H]12. The Hall–Kier alpha value is -3.85. The average Bonchev–Trinajstić information content (AvgIpc) is 3.51. The number of nitrogens with one attached hydrogen (secondary N) is 3. The Balaban J connectivity index is 1.82. The Morgan fingerprint density at radius 3 is 2.56 bits per heavy atom. The predicted molar refractivity (Wildman–Crippen MR) is 125 cm³/mol. The second-order valence-corrected chi connectivity index (χ2v) is 8.36. The van der Waals surface area contributed by atoms with Crippen molar-refractivity contribution in [2.45, 2.75) is 30.7 Å². The molecule has 0 spiro atoms. The number of amides is 2. The van der Waals surface area contributed by atoms with Crippen molar-refractivity contribution < 1.29 is 23.9 Å². The number of fused-ring (bicyclic) bond motifs is 4. The highest BCUT2D eigenvalue weighted by atomic mass is 16.5. The number of benzene rings is 2. The van der Waals surface area contributed by atoms with E-state index in [0.29, 0.717) is 0 Å². The van der Waals surface area contributed by atoms with Gasteiger partial charge in [0, 0.05) is 36.9 Å². The van der Waals surface area contributed by atoms with Crippen LogP contribution in [0.1, 0.15) is 18.1 Å². The van der Waals surface area contributed by atoms with Gasteiger partial charge < -0.3 is 25.1 Å². The molecule has 2 amide bonds. The van der Waals surface area contributed by atoms with Crippen molar-refractivity contribution >= 4 is 34.4 Å². The number of esters is 1. The Bertz CT molecular complexity index is 1290. The summed E-state index contributed by atoms with van der Waals surface area (Å²) in [6.07, 6.45) is 0.326. The number of aromatic nitrogens is 1. The number of methoxy groups -OCH3 is 1. The zero-order valence-electron chi connectivity index (χ0n) is 19.1. The van der Waals surface area contributed by atoms with Gasteiger partial charge in [-0.25, -0.2) is 4.79 Å². The van der Waals surface area contributed by atoms with Crippen molar-refractivity contribution in [3.8, 4) is 0 Å². The van der Waals surface area contributed by atoms with E-state index in [4.69, 9.17) is 9.47 Å².